The highest BCUT2D eigenvalue weighted by Gasteiger charge is 2.39. The van der Waals surface area contributed by atoms with Crippen molar-refractivity contribution < 1.29 is 19.1 Å². The normalized spacial score (nSPS) is 23.3. The molecule has 3 aliphatic heterocycles. The van der Waals surface area contributed by atoms with E-state index in [0.29, 0.717) is 24.6 Å². The topological polar surface area (TPSA) is 104 Å². The molecular weight excluding hydrogens is 530 g/mol. The van der Waals surface area contributed by atoms with Gasteiger partial charge in [-0.25, -0.2) is 4.98 Å². The Hall–Kier alpha value is -3.98. The molecule has 1 unspecified atom stereocenters. The summed E-state index contributed by atoms with van der Waals surface area (Å²) in [5, 5.41) is 7.14. The second kappa shape index (κ2) is 11.4. The van der Waals surface area contributed by atoms with E-state index < -0.39 is 11.9 Å². The molecule has 42 heavy (non-hydrogen) atoms. The summed E-state index contributed by atoms with van der Waals surface area (Å²) in [6.45, 7) is 3.00. The fourth-order valence-corrected chi connectivity index (χ4v) is 6.92. The van der Waals surface area contributed by atoms with Crippen LogP contribution < -0.4 is 15.4 Å². The van der Waals surface area contributed by atoms with Crippen LogP contribution >= 0.6 is 0 Å². The van der Waals surface area contributed by atoms with Gasteiger partial charge in [-0.2, -0.15) is 0 Å². The number of fused-ring (bicyclic) bond motifs is 2. The van der Waals surface area contributed by atoms with Crippen molar-refractivity contribution in [3.05, 3.63) is 65.2 Å². The quantitative estimate of drug-likeness (QED) is 0.408. The molecule has 0 radical (unpaired) electrons. The second-order valence-electron chi connectivity index (χ2n) is 12.2. The molecule has 3 aromatic rings. The van der Waals surface area contributed by atoms with Crippen LogP contribution in [0.1, 0.15) is 72.9 Å². The average molecular weight is 568 g/mol. The van der Waals surface area contributed by atoms with E-state index in [2.05, 4.69) is 45.9 Å². The minimum atomic E-state index is -0.610. The molecule has 0 bridgehead atoms. The van der Waals surface area contributed by atoms with E-state index in [0.717, 1.165) is 54.1 Å². The van der Waals surface area contributed by atoms with Crippen molar-refractivity contribution in [1.82, 2.24) is 20.1 Å². The third kappa shape index (κ3) is 5.57. The Morgan fingerprint density at radius 3 is 2.69 bits per heavy atom. The van der Waals surface area contributed by atoms with Gasteiger partial charge in [0.25, 0.3) is 5.91 Å². The van der Waals surface area contributed by atoms with Crippen molar-refractivity contribution in [2.24, 2.45) is 0 Å². The van der Waals surface area contributed by atoms with Crippen LogP contribution in [0.3, 0.4) is 0 Å². The number of carbonyl (C=O) groups excluding carboxylic acids is 3. The number of benzene rings is 2. The number of hydrogen-bond acceptors (Lipinski definition) is 7. The van der Waals surface area contributed by atoms with E-state index in [1.54, 1.807) is 11.0 Å². The fraction of sp³-hybridized carbons (Fsp3) is 0.455. The number of ether oxygens (including phenoxy) is 1. The summed E-state index contributed by atoms with van der Waals surface area (Å²) in [7, 11) is 0. The molecule has 4 aliphatic rings. The summed E-state index contributed by atoms with van der Waals surface area (Å²) in [5.74, 6) is 0.874. The lowest BCUT2D eigenvalue weighted by atomic mass is 9.95. The number of hydrogen-bond donors (Lipinski definition) is 2. The number of amides is 3. The Balaban J connectivity index is 0.943. The average Bonchev–Trinajstić information content (AvgIpc) is 3.56. The molecule has 9 nitrogen and oxygen atoms in total. The van der Waals surface area contributed by atoms with Gasteiger partial charge in [-0.15, -0.1) is 0 Å². The van der Waals surface area contributed by atoms with E-state index in [-0.39, 0.29) is 24.3 Å². The maximum Gasteiger partial charge on any atom is 0.255 e. The predicted octanol–water partition coefficient (Wildman–Crippen LogP) is 4.39. The van der Waals surface area contributed by atoms with Gasteiger partial charge >= 0.3 is 0 Å². The Morgan fingerprint density at radius 1 is 0.952 bits per heavy atom. The molecule has 9 heteroatoms. The first-order chi connectivity index (χ1) is 20.5. The van der Waals surface area contributed by atoms with Crippen LogP contribution in [0.25, 0.3) is 10.9 Å². The van der Waals surface area contributed by atoms with Gasteiger partial charge in [-0.3, -0.25) is 24.6 Å². The SMILES string of the molecule is O=C1CCC(N2Cc3cc(O[C@H]4CCN(Cc5ccc6nc(NC7CCCCC7)ccc6c5)C4)ccc3C2=O)C(=O)N1. The van der Waals surface area contributed by atoms with Crippen LogP contribution in [0.5, 0.6) is 5.75 Å². The Labute approximate surface area is 245 Å². The molecule has 218 valence electrons. The van der Waals surface area contributed by atoms with Crippen LogP contribution in [0, 0.1) is 0 Å². The summed E-state index contributed by atoms with van der Waals surface area (Å²) in [6.07, 6.45) is 8.02. The third-order valence-corrected chi connectivity index (χ3v) is 9.14. The first-order valence-electron chi connectivity index (χ1n) is 15.3. The van der Waals surface area contributed by atoms with Crippen LogP contribution in [0.4, 0.5) is 5.82 Å². The van der Waals surface area contributed by atoms with Crippen molar-refractivity contribution in [3.63, 3.8) is 0 Å². The fourth-order valence-electron chi connectivity index (χ4n) is 6.92. The Morgan fingerprint density at radius 2 is 1.83 bits per heavy atom. The van der Waals surface area contributed by atoms with Crippen LogP contribution in [0.15, 0.2) is 48.5 Å². The molecule has 2 saturated heterocycles. The highest BCUT2D eigenvalue weighted by Crippen LogP contribution is 2.31. The number of aromatic nitrogens is 1. The zero-order valence-corrected chi connectivity index (χ0v) is 23.8. The highest BCUT2D eigenvalue weighted by molar-refractivity contribution is 6.05. The van der Waals surface area contributed by atoms with Gasteiger partial charge in [0.2, 0.25) is 11.8 Å². The molecule has 0 spiro atoms. The van der Waals surface area contributed by atoms with E-state index in [9.17, 15) is 14.4 Å². The van der Waals surface area contributed by atoms with Crippen molar-refractivity contribution in [3.8, 4) is 5.75 Å². The van der Waals surface area contributed by atoms with Gasteiger partial charge in [0, 0.05) is 49.6 Å². The molecule has 3 fully saturated rings. The van der Waals surface area contributed by atoms with Gasteiger partial charge in [-0.1, -0.05) is 25.3 Å². The summed E-state index contributed by atoms with van der Waals surface area (Å²) in [5.41, 5.74) is 3.75. The minimum Gasteiger partial charge on any atom is -0.489 e. The largest absolute Gasteiger partial charge is 0.489 e. The molecule has 1 saturated carbocycles. The summed E-state index contributed by atoms with van der Waals surface area (Å²) in [6, 6.07) is 16.3. The summed E-state index contributed by atoms with van der Waals surface area (Å²) in [4.78, 5) is 45.7. The lowest BCUT2D eigenvalue weighted by Gasteiger charge is -2.29. The van der Waals surface area contributed by atoms with Gasteiger partial charge in [-0.05, 0) is 79.3 Å². The number of piperidine rings is 1. The standard InChI is InChI=1S/C33H37N5O4/c39-31-13-11-29(32(40)36-31)38-19-23-17-25(8-9-27(23)33(38)41)42-26-14-15-37(20-26)18-21-6-10-28-22(16-21)7-12-30(35-28)34-24-4-2-1-3-5-24/h6-10,12,16-17,24,26,29H,1-5,11,13-15,18-20H2,(H,34,35)(H,36,39,40)/t26-,29?/m0/s1. The number of nitrogens with one attached hydrogen (secondary N) is 2. The first-order valence-corrected chi connectivity index (χ1v) is 15.3. The minimum absolute atomic E-state index is 0.0712. The van der Waals surface area contributed by atoms with Crippen LogP contribution in [-0.4, -0.2) is 63.8 Å². The summed E-state index contributed by atoms with van der Waals surface area (Å²) < 4.78 is 6.35. The molecular formula is C33H37N5O4. The molecule has 7 rings (SSSR count). The van der Waals surface area contributed by atoms with Crippen LogP contribution in [0.2, 0.25) is 0 Å². The molecule has 1 aromatic heterocycles. The van der Waals surface area contributed by atoms with E-state index in [1.165, 1.54) is 37.7 Å². The van der Waals surface area contributed by atoms with Crippen molar-refractivity contribution in [2.75, 3.05) is 18.4 Å². The molecule has 2 N–H and O–H groups in total. The van der Waals surface area contributed by atoms with Gasteiger partial charge in [0.15, 0.2) is 0 Å². The van der Waals surface area contributed by atoms with Gasteiger partial charge in [0.05, 0.1) is 5.52 Å². The number of pyridine rings is 1. The Bertz CT molecular complexity index is 1530. The Kier molecular flexibility index (Phi) is 7.27. The first kappa shape index (κ1) is 26.9. The third-order valence-electron chi connectivity index (χ3n) is 9.14. The monoisotopic (exact) mass is 567 g/mol. The van der Waals surface area contributed by atoms with Gasteiger partial charge < -0.3 is 15.0 Å². The molecule has 2 atom stereocenters. The maximum absolute atomic E-state index is 13.0. The predicted molar refractivity (Wildman–Crippen MR) is 159 cm³/mol. The van der Waals surface area contributed by atoms with Crippen molar-refractivity contribution in [2.45, 2.75) is 82.6 Å². The van der Waals surface area contributed by atoms with E-state index in [4.69, 9.17) is 9.72 Å². The lowest BCUT2D eigenvalue weighted by molar-refractivity contribution is -0.136. The number of rotatable bonds is 7. The van der Waals surface area contributed by atoms with E-state index >= 15 is 0 Å². The number of nitrogens with zero attached hydrogens (tertiary/aromatic N) is 3. The number of likely N-dealkylation sites (tertiary alicyclic amines) is 1. The lowest BCUT2D eigenvalue weighted by Crippen LogP contribution is -2.52. The number of imide groups is 1. The smallest absolute Gasteiger partial charge is 0.255 e. The molecule has 2 aromatic carbocycles. The van der Waals surface area contributed by atoms with Crippen molar-refractivity contribution in [1.29, 1.82) is 0 Å². The molecule has 1 aliphatic carbocycles. The maximum atomic E-state index is 13.0. The van der Waals surface area contributed by atoms with E-state index in [1.807, 2.05) is 12.1 Å². The van der Waals surface area contributed by atoms with Crippen molar-refractivity contribution >= 4 is 34.4 Å². The number of anilines is 1. The zero-order valence-electron chi connectivity index (χ0n) is 23.8. The molecule has 4 heterocycles. The highest BCUT2D eigenvalue weighted by atomic mass is 16.5. The zero-order chi connectivity index (χ0) is 28.6. The van der Waals surface area contributed by atoms with Gasteiger partial charge in [0.1, 0.15) is 23.7 Å². The number of carbonyl (C=O) groups is 3. The summed E-state index contributed by atoms with van der Waals surface area (Å²) >= 11 is 0. The molecule has 3 amide bonds. The second-order valence-corrected chi connectivity index (χ2v) is 12.2. The van der Waals surface area contributed by atoms with Crippen LogP contribution in [-0.2, 0) is 22.7 Å².